The number of halogens is 1. The van der Waals surface area contributed by atoms with Gasteiger partial charge < -0.3 is 20.4 Å². The van der Waals surface area contributed by atoms with E-state index in [-0.39, 0.29) is 5.82 Å². The van der Waals surface area contributed by atoms with Crippen LogP contribution in [0.3, 0.4) is 0 Å². The first-order valence-corrected chi connectivity index (χ1v) is 9.07. The van der Waals surface area contributed by atoms with Crippen LogP contribution >= 0.6 is 0 Å². The molecule has 1 fully saturated rings. The number of carbonyl (C=O) groups is 1. The van der Waals surface area contributed by atoms with Crippen molar-refractivity contribution in [3.8, 4) is 0 Å². The second-order valence-corrected chi connectivity index (χ2v) is 6.89. The van der Waals surface area contributed by atoms with Gasteiger partial charge in [-0.05, 0) is 43.9 Å². The zero-order chi connectivity index (χ0) is 19.4. The maximum Gasteiger partial charge on any atom is 0.323 e. The number of rotatable bonds is 4. The van der Waals surface area contributed by atoms with Crippen LogP contribution in [0, 0.1) is 12.7 Å². The van der Waals surface area contributed by atoms with Crippen LogP contribution in [-0.2, 0) is 0 Å². The molecule has 3 rings (SSSR count). The molecule has 1 saturated heterocycles. The van der Waals surface area contributed by atoms with Crippen LogP contribution in [0.25, 0.3) is 0 Å². The Morgan fingerprint density at radius 1 is 1.19 bits per heavy atom. The van der Waals surface area contributed by atoms with Gasteiger partial charge in [-0.2, -0.15) is 4.98 Å². The Balaban J connectivity index is 1.74. The molecule has 0 atom stereocenters. The third-order valence-electron chi connectivity index (χ3n) is 4.50. The molecule has 1 aromatic heterocycles. The molecule has 8 heteroatoms. The van der Waals surface area contributed by atoms with Gasteiger partial charge in [0.1, 0.15) is 11.5 Å². The Hall–Kier alpha value is -2.90. The van der Waals surface area contributed by atoms with Gasteiger partial charge in [0, 0.05) is 32.9 Å². The predicted molar refractivity (Wildman–Crippen MR) is 106 cm³/mol. The number of carbonyl (C=O) groups excluding carboxylic acids is 1. The Morgan fingerprint density at radius 3 is 2.59 bits per heavy atom. The van der Waals surface area contributed by atoms with Crippen molar-refractivity contribution in [3.63, 3.8) is 0 Å². The van der Waals surface area contributed by atoms with Gasteiger partial charge in [0.2, 0.25) is 5.95 Å². The van der Waals surface area contributed by atoms with Crippen LogP contribution in [0.4, 0.5) is 32.3 Å². The SMILES string of the molecule is Cc1ccc(NC(=O)Nc2cnc(N3CCCCC3)nc2N(C)C)cc1F. The van der Waals surface area contributed by atoms with E-state index in [9.17, 15) is 9.18 Å². The predicted octanol–water partition coefficient (Wildman–Crippen LogP) is 3.62. The third kappa shape index (κ3) is 4.64. The van der Waals surface area contributed by atoms with E-state index in [1.165, 1.54) is 12.5 Å². The van der Waals surface area contributed by atoms with Crippen molar-refractivity contribution in [3.05, 3.63) is 35.8 Å². The molecule has 0 radical (unpaired) electrons. The fourth-order valence-corrected chi connectivity index (χ4v) is 2.99. The highest BCUT2D eigenvalue weighted by Gasteiger charge is 2.18. The van der Waals surface area contributed by atoms with Crippen molar-refractivity contribution >= 4 is 29.2 Å². The van der Waals surface area contributed by atoms with Crippen molar-refractivity contribution in [2.45, 2.75) is 26.2 Å². The molecule has 7 nitrogen and oxygen atoms in total. The van der Waals surface area contributed by atoms with Crippen molar-refractivity contribution < 1.29 is 9.18 Å². The number of piperidine rings is 1. The average molecular weight is 372 g/mol. The second kappa shape index (κ2) is 8.20. The van der Waals surface area contributed by atoms with Crippen molar-refractivity contribution in [2.24, 2.45) is 0 Å². The first-order valence-electron chi connectivity index (χ1n) is 9.07. The summed E-state index contributed by atoms with van der Waals surface area (Å²) in [5.74, 6) is 0.928. The fraction of sp³-hybridized carbons (Fsp3) is 0.421. The summed E-state index contributed by atoms with van der Waals surface area (Å²) in [6, 6.07) is 4.08. The summed E-state index contributed by atoms with van der Waals surface area (Å²) < 4.78 is 13.6. The highest BCUT2D eigenvalue weighted by molar-refractivity contribution is 6.01. The molecular weight excluding hydrogens is 347 g/mol. The zero-order valence-corrected chi connectivity index (χ0v) is 15.9. The topological polar surface area (TPSA) is 73.4 Å². The molecule has 27 heavy (non-hydrogen) atoms. The average Bonchev–Trinajstić information content (AvgIpc) is 2.65. The van der Waals surface area contributed by atoms with Gasteiger partial charge in [-0.25, -0.2) is 14.2 Å². The van der Waals surface area contributed by atoms with Crippen LogP contribution in [-0.4, -0.2) is 43.2 Å². The quantitative estimate of drug-likeness (QED) is 0.857. The molecule has 1 aliphatic heterocycles. The highest BCUT2D eigenvalue weighted by Crippen LogP contribution is 2.25. The van der Waals surface area contributed by atoms with E-state index in [2.05, 4.69) is 25.5 Å². The molecular formula is C19H25FN6O. The third-order valence-corrected chi connectivity index (χ3v) is 4.50. The van der Waals surface area contributed by atoms with E-state index in [0.29, 0.717) is 28.7 Å². The van der Waals surface area contributed by atoms with Crippen LogP contribution in [0.5, 0.6) is 0 Å². The lowest BCUT2D eigenvalue weighted by Gasteiger charge is -2.28. The lowest BCUT2D eigenvalue weighted by Crippen LogP contribution is -2.31. The number of aromatic nitrogens is 2. The number of anilines is 4. The molecule has 0 bridgehead atoms. The van der Waals surface area contributed by atoms with E-state index < -0.39 is 6.03 Å². The zero-order valence-electron chi connectivity index (χ0n) is 15.9. The van der Waals surface area contributed by atoms with E-state index in [1.54, 1.807) is 25.3 Å². The standard InChI is InChI=1S/C19H25FN6O/c1-13-7-8-14(11-15(13)20)22-19(27)23-16-12-21-18(24-17(16)25(2)3)26-9-5-4-6-10-26/h7-8,11-12H,4-6,9-10H2,1-3H3,(H2,22,23,27). The maximum absolute atomic E-state index is 13.6. The van der Waals surface area contributed by atoms with E-state index in [0.717, 1.165) is 25.9 Å². The van der Waals surface area contributed by atoms with E-state index in [4.69, 9.17) is 0 Å². The molecule has 2 aromatic rings. The fourth-order valence-electron chi connectivity index (χ4n) is 2.99. The molecule has 2 heterocycles. The normalized spacial score (nSPS) is 14.0. The lowest BCUT2D eigenvalue weighted by molar-refractivity contribution is 0.262. The summed E-state index contributed by atoms with van der Waals surface area (Å²) in [6.45, 7) is 3.56. The number of hydrogen-bond donors (Lipinski definition) is 2. The lowest BCUT2D eigenvalue weighted by atomic mass is 10.1. The van der Waals surface area contributed by atoms with E-state index in [1.807, 2.05) is 19.0 Å². The Bertz CT molecular complexity index is 820. The number of urea groups is 1. The van der Waals surface area contributed by atoms with Gasteiger partial charge in [-0.15, -0.1) is 0 Å². The monoisotopic (exact) mass is 372 g/mol. The highest BCUT2D eigenvalue weighted by atomic mass is 19.1. The van der Waals surface area contributed by atoms with Crippen LogP contribution in [0.15, 0.2) is 24.4 Å². The minimum absolute atomic E-state index is 0.365. The minimum atomic E-state index is -0.476. The molecule has 0 saturated carbocycles. The number of benzene rings is 1. The van der Waals surface area contributed by atoms with Gasteiger partial charge in [-0.3, -0.25) is 0 Å². The van der Waals surface area contributed by atoms with Gasteiger partial charge in [0.25, 0.3) is 0 Å². The molecule has 1 aliphatic rings. The summed E-state index contributed by atoms with van der Waals surface area (Å²) in [6.07, 6.45) is 5.12. The van der Waals surface area contributed by atoms with Crippen molar-refractivity contribution in [1.29, 1.82) is 0 Å². The maximum atomic E-state index is 13.6. The largest absolute Gasteiger partial charge is 0.361 e. The number of aryl methyl sites for hydroxylation is 1. The molecule has 144 valence electrons. The molecule has 1 aromatic carbocycles. The van der Waals surface area contributed by atoms with Crippen LogP contribution in [0.2, 0.25) is 0 Å². The van der Waals surface area contributed by atoms with Gasteiger partial charge in [-0.1, -0.05) is 6.07 Å². The van der Waals surface area contributed by atoms with Gasteiger partial charge in [0.05, 0.1) is 6.20 Å². The van der Waals surface area contributed by atoms with Crippen LogP contribution in [0.1, 0.15) is 24.8 Å². The molecule has 2 amide bonds. The minimum Gasteiger partial charge on any atom is -0.361 e. The number of nitrogens with one attached hydrogen (secondary N) is 2. The van der Waals surface area contributed by atoms with E-state index >= 15 is 0 Å². The number of nitrogens with zero attached hydrogens (tertiary/aromatic N) is 4. The van der Waals surface area contributed by atoms with Crippen LogP contribution < -0.4 is 20.4 Å². The first-order chi connectivity index (χ1) is 12.9. The summed E-state index contributed by atoms with van der Waals surface area (Å²) in [4.78, 5) is 25.3. The Labute approximate surface area is 158 Å². The summed E-state index contributed by atoms with van der Waals surface area (Å²) >= 11 is 0. The Kier molecular flexibility index (Phi) is 5.73. The first kappa shape index (κ1) is 18.9. The van der Waals surface area contributed by atoms with Gasteiger partial charge in [0.15, 0.2) is 5.82 Å². The number of hydrogen-bond acceptors (Lipinski definition) is 5. The molecule has 0 aliphatic carbocycles. The number of amides is 2. The summed E-state index contributed by atoms with van der Waals surface area (Å²) in [7, 11) is 3.72. The summed E-state index contributed by atoms with van der Waals surface area (Å²) in [5.41, 5.74) is 1.40. The van der Waals surface area contributed by atoms with Crippen molar-refractivity contribution in [1.82, 2.24) is 9.97 Å². The van der Waals surface area contributed by atoms with Crippen molar-refractivity contribution in [2.75, 3.05) is 47.6 Å². The molecule has 2 N–H and O–H groups in total. The Morgan fingerprint density at radius 2 is 1.93 bits per heavy atom. The van der Waals surface area contributed by atoms with Gasteiger partial charge >= 0.3 is 6.03 Å². The second-order valence-electron chi connectivity index (χ2n) is 6.89. The summed E-state index contributed by atoms with van der Waals surface area (Å²) in [5, 5.41) is 5.37. The smallest absolute Gasteiger partial charge is 0.323 e. The molecule has 0 spiro atoms. The molecule has 0 unspecified atom stereocenters.